The van der Waals surface area contributed by atoms with Crippen molar-refractivity contribution in [2.75, 3.05) is 26.7 Å². The molecule has 0 atom stereocenters. The van der Waals surface area contributed by atoms with Crippen molar-refractivity contribution in [1.29, 1.82) is 0 Å². The largest absolute Gasteiger partial charge is 0.393 e. The molecule has 1 N–H and O–H groups in total. The van der Waals surface area contributed by atoms with Crippen LogP contribution >= 0.6 is 0 Å². The Labute approximate surface area is 105 Å². The van der Waals surface area contributed by atoms with Crippen molar-refractivity contribution in [3.63, 3.8) is 0 Å². The third-order valence-corrected chi connectivity index (χ3v) is 3.77. The molecule has 0 radical (unpaired) electrons. The Balaban J connectivity index is 2.45. The highest BCUT2D eigenvalue weighted by Gasteiger charge is 2.26. The van der Waals surface area contributed by atoms with Gasteiger partial charge in [-0.25, -0.2) is 0 Å². The Morgan fingerprint density at radius 1 is 1.24 bits per heavy atom. The molecule has 17 heavy (non-hydrogen) atoms. The van der Waals surface area contributed by atoms with Crippen LogP contribution in [-0.2, 0) is 4.79 Å². The SMILES string of the molecule is CCN(C)CCN(C(C)=O)C1CCC(O)CC1. The molecule has 1 amide bonds. The average Bonchev–Trinajstić information content (AvgIpc) is 2.31. The minimum Gasteiger partial charge on any atom is -0.393 e. The smallest absolute Gasteiger partial charge is 0.219 e. The molecule has 0 aliphatic heterocycles. The van der Waals surface area contributed by atoms with Crippen molar-refractivity contribution in [1.82, 2.24) is 9.80 Å². The van der Waals surface area contributed by atoms with E-state index in [4.69, 9.17) is 0 Å². The summed E-state index contributed by atoms with van der Waals surface area (Å²) >= 11 is 0. The Bertz CT molecular complexity index is 238. The molecule has 100 valence electrons. The predicted molar refractivity (Wildman–Crippen MR) is 68.8 cm³/mol. The molecule has 0 spiro atoms. The molecule has 1 rings (SSSR count). The fourth-order valence-corrected chi connectivity index (χ4v) is 2.40. The van der Waals surface area contributed by atoms with Gasteiger partial charge in [0.05, 0.1) is 6.10 Å². The van der Waals surface area contributed by atoms with Gasteiger partial charge < -0.3 is 14.9 Å². The summed E-state index contributed by atoms with van der Waals surface area (Å²) in [7, 11) is 2.07. The normalized spacial score (nSPS) is 25.0. The van der Waals surface area contributed by atoms with Crippen LogP contribution in [0, 0.1) is 0 Å². The molecule has 0 heterocycles. The zero-order chi connectivity index (χ0) is 12.8. The van der Waals surface area contributed by atoms with Gasteiger partial charge in [-0.3, -0.25) is 4.79 Å². The lowest BCUT2D eigenvalue weighted by Crippen LogP contribution is -2.45. The van der Waals surface area contributed by atoms with E-state index in [-0.39, 0.29) is 12.0 Å². The van der Waals surface area contributed by atoms with Crippen LogP contribution in [0.3, 0.4) is 0 Å². The number of carbonyl (C=O) groups is 1. The van der Waals surface area contributed by atoms with Crippen LogP contribution in [0.5, 0.6) is 0 Å². The Morgan fingerprint density at radius 3 is 2.29 bits per heavy atom. The molecule has 0 aromatic rings. The van der Waals surface area contributed by atoms with Crippen molar-refractivity contribution >= 4 is 5.91 Å². The van der Waals surface area contributed by atoms with Crippen LogP contribution in [0.15, 0.2) is 0 Å². The predicted octanol–water partition coefficient (Wildman–Crippen LogP) is 1.09. The van der Waals surface area contributed by atoms with Crippen LogP contribution in [0.2, 0.25) is 0 Å². The zero-order valence-electron chi connectivity index (χ0n) is 11.4. The molecular formula is C13H26N2O2. The molecule has 0 bridgehead atoms. The summed E-state index contributed by atoms with van der Waals surface area (Å²) in [6.07, 6.45) is 3.39. The second-order valence-electron chi connectivity index (χ2n) is 5.07. The summed E-state index contributed by atoms with van der Waals surface area (Å²) in [5.74, 6) is 0.163. The van der Waals surface area contributed by atoms with Crippen LogP contribution in [0.4, 0.5) is 0 Å². The minimum absolute atomic E-state index is 0.154. The lowest BCUT2D eigenvalue weighted by molar-refractivity contribution is -0.132. The summed E-state index contributed by atoms with van der Waals surface area (Å²) in [6, 6.07) is 0.334. The van der Waals surface area contributed by atoms with E-state index in [1.807, 2.05) is 4.90 Å². The molecule has 1 fully saturated rings. The molecule has 4 heteroatoms. The summed E-state index contributed by atoms with van der Waals surface area (Å²) in [5, 5.41) is 9.49. The summed E-state index contributed by atoms with van der Waals surface area (Å²) in [5.41, 5.74) is 0. The van der Waals surface area contributed by atoms with Crippen molar-refractivity contribution in [3.05, 3.63) is 0 Å². The van der Waals surface area contributed by atoms with Crippen molar-refractivity contribution < 1.29 is 9.90 Å². The van der Waals surface area contributed by atoms with Gasteiger partial charge in [0.25, 0.3) is 0 Å². The third kappa shape index (κ3) is 4.64. The van der Waals surface area contributed by atoms with Crippen LogP contribution < -0.4 is 0 Å². The zero-order valence-corrected chi connectivity index (χ0v) is 11.4. The fourth-order valence-electron chi connectivity index (χ4n) is 2.40. The molecule has 1 aliphatic rings. The quantitative estimate of drug-likeness (QED) is 0.785. The fraction of sp³-hybridized carbons (Fsp3) is 0.923. The van der Waals surface area contributed by atoms with E-state index in [9.17, 15) is 9.90 Å². The molecule has 1 aliphatic carbocycles. The summed E-state index contributed by atoms with van der Waals surface area (Å²) < 4.78 is 0. The van der Waals surface area contributed by atoms with Gasteiger partial charge in [0, 0.05) is 26.1 Å². The topological polar surface area (TPSA) is 43.8 Å². The standard InChI is InChI=1S/C13H26N2O2/c1-4-14(3)9-10-15(11(2)16)12-5-7-13(17)8-6-12/h12-13,17H,4-10H2,1-3H3. The van der Waals surface area contributed by atoms with E-state index in [0.29, 0.717) is 6.04 Å². The first kappa shape index (κ1) is 14.5. The maximum absolute atomic E-state index is 11.7. The lowest BCUT2D eigenvalue weighted by atomic mass is 9.92. The second kappa shape index (κ2) is 6.97. The first-order valence-corrected chi connectivity index (χ1v) is 6.68. The number of hydrogen-bond acceptors (Lipinski definition) is 3. The highest BCUT2D eigenvalue weighted by atomic mass is 16.3. The number of aliphatic hydroxyl groups is 1. The molecule has 0 saturated heterocycles. The Kier molecular flexibility index (Phi) is 5.92. The van der Waals surface area contributed by atoms with Crippen LogP contribution in [-0.4, -0.2) is 59.6 Å². The van der Waals surface area contributed by atoms with E-state index < -0.39 is 0 Å². The van der Waals surface area contributed by atoms with Gasteiger partial charge in [0.1, 0.15) is 0 Å². The van der Waals surface area contributed by atoms with Crippen molar-refractivity contribution in [2.24, 2.45) is 0 Å². The van der Waals surface area contributed by atoms with Gasteiger partial charge in [0.2, 0.25) is 5.91 Å². The number of hydrogen-bond donors (Lipinski definition) is 1. The molecule has 0 aromatic carbocycles. The lowest BCUT2D eigenvalue weighted by Gasteiger charge is -2.36. The third-order valence-electron chi connectivity index (χ3n) is 3.77. The first-order valence-electron chi connectivity index (χ1n) is 6.68. The van der Waals surface area contributed by atoms with Gasteiger partial charge in [-0.05, 0) is 39.3 Å². The van der Waals surface area contributed by atoms with Gasteiger partial charge in [0.15, 0.2) is 0 Å². The summed E-state index contributed by atoms with van der Waals surface area (Å²) in [4.78, 5) is 15.9. The molecule has 1 saturated carbocycles. The Hall–Kier alpha value is -0.610. The van der Waals surface area contributed by atoms with Crippen molar-refractivity contribution in [3.8, 4) is 0 Å². The average molecular weight is 242 g/mol. The maximum Gasteiger partial charge on any atom is 0.219 e. The number of aliphatic hydroxyl groups excluding tert-OH is 1. The van der Waals surface area contributed by atoms with Gasteiger partial charge >= 0.3 is 0 Å². The minimum atomic E-state index is -0.154. The van der Waals surface area contributed by atoms with Gasteiger partial charge in [-0.15, -0.1) is 0 Å². The highest BCUT2D eigenvalue weighted by molar-refractivity contribution is 5.73. The van der Waals surface area contributed by atoms with Crippen LogP contribution in [0.1, 0.15) is 39.5 Å². The van der Waals surface area contributed by atoms with E-state index in [0.717, 1.165) is 45.3 Å². The monoisotopic (exact) mass is 242 g/mol. The second-order valence-corrected chi connectivity index (χ2v) is 5.07. The number of nitrogens with zero attached hydrogens (tertiary/aromatic N) is 2. The van der Waals surface area contributed by atoms with E-state index in [1.54, 1.807) is 6.92 Å². The summed E-state index contributed by atoms with van der Waals surface area (Å²) in [6.45, 7) is 6.51. The maximum atomic E-state index is 11.7. The molecule has 4 nitrogen and oxygen atoms in total. The Morgan fingerprint density at radius 2 is 1.82 bits per heavy atom. The van der Waals surface area contributed by atoms with Crippen LogP contribution in [0.25, 0.3) is 0 Å². The van der Waals surface area contributed by atoms with E-state index in [1.165, 1.54) is 0 Å². The van der Waals surface area contributed by atoms with Gasteiger partial charge in [-0.1, -0.05) is 6.92 Å². The molecular weight excluding hydrogens is 216 g/mol. The molecule has 0 unspecified atom stereocenters. The highest BCUT2D eigenvalue weighted by Crippen LogP contribution is 2.23. The number of carbonyl (C=O) groups excluding carboxylic acids is 1. The van der Waals surface area contributed by atoms with E-state index >= 15 is 0 Å². The van der Waals surface area contributed by atoms with Crippen molar-refractivity contribution in [2.45, 2.75) is 51.7 Å². The van der Waals surface area contributed by atoms with E-state index in [2.05, 4.69) is 18.9 Å². The first-order chi connectivity index (χ1) is 8.04. The number of likely N-dealkylation sites (N-methyl/N-ethyl adjacent to an activating group) is 1. The number of amides is 1. The van der Waals surface area contributed by atoms with Gasteiger partial charge in [-0.2, -0.15) is 0 Å². The number of rotatable bonds is 5. The molecule has 0 aromatic heterocycles.